The molecule has 0 spiro atoms. The number of rotatable bonds is 3. The minimum absolute atomic E-state index is 0.554. The fourth-order valence-electron chi connectivity index (χ4n) is 7.55. The van der Waals surface area contributed by atoms with Crippen LogP contribution in [0.25, 0.3) is 76.4 Å². The molecule has 214 valence electrons. The molecule has 0 fully saturated rings. The molecule has 0 aliphatic carbocycles. The molecule has 3 heterocycles. The fraction of sp³-hybridized carbons (Fsp3) is 0. The molecule has 0 aliphatic heterocycles. The normalized spacial score (nSPS) is 12.8. The lowest BCUT2D eigenvalue weighted by molar-refractivity contribution is 0.683. The SMILES string of the molecule is N#Cc1ccc(S(=O)c2ccc(-n3c4ccc5c6ccccc6n6c7ccccc7c7cc8ccccc8c3c7c4c56)cc2)cc1. The number of aromatic nitrogens is 2. The van der Waals surface area contributed by atoms with Crippen molar-refractivity contribution in [1.82, 2.24) is 8.97 Å². The fourth-order valence-corrected chi connectivity index (χ4v) is 8.59. The summed E-state index contributed by atoms with van der Waals surface area (Å²) in [5.41, 5.74) is 7.49. The zero-order valence-electron chi connectivity index (χ0n) is 24.4. The van der Waals surface area contributed by atoms with Gasteiger partial charge in [-0.1, -0.05) is 66.7 Å². The number of benzene rings is 7. The van der Waals surface area contributed by atoms with Crippen LogP contribution in [0.1, 0.15) is 5.56 Å². The van der Waals surface area contributed by atoms with E-state index in [4.69, 9.17) is 0 Å². The molecule has 0 bridgehead atoms. The first kappa shape index (κ1) is 25.4. The Morgan fingerprint density at radius 3 is 1.83 bits per heavy atom. The highest BCUT2D eigenvalue weighted by Gasteiger charge is 2.24. The Hall–Kier alpha value is -5.96. The maximum absolute atomic E-state index is 13.5. The van der Waals surface area contributed by atoms with E-state index < -0.39 is 10.8 Å². The van der Waals surface area contributed by atoms with E-state index in [2.05, 4.69) is 118 Å². The van der Waals surface area contributed by atoms with Crippen LogP contribution in [0.3, 0.4) is 0 Å². The maximum atomic E-state index is 13.5. The van der Waals surface area contributed by atoms with Gasteiger partial charge in [-0.2, -0.15) is 5.26 Å². The van der Waals surface area contributed by atoms with Crippen molar-refractivity contribution in [1.29, 1.82) is 5.26 Å². The van der Waals surface area contributed by atoms with Crippen LogP contribution < -0.4 is 0 Å². The van der Waals surface area contributed by atoms with E-state index in [-0.39, 0.29) is 0 Å². The number of para-hydroxylation sites is 2. The van der Waals surface area contributed by atoms with Crippen molar-refractivity contribution < 1.29 is 4.21 Å². The summed E-state index contributed by atoms with van der Waals surface area (Å²) in [5, 5.41) is 19.0. The lowest BCUT2D eigenvalue weighted by Gasteiger charge is -2.12. The van der Waals surface area contributed by atoms with Crippen LogP contribution in [-0.2, 0) is 10.8 Å². The largest absolute Gasteiger partial charge is 0.309 e. The molecule has 46 heavy (non-hydrogen) atoms. The molecule has 10 aromatic rings. The molecule has 10 rings (SSSR count). The van der Waals surface area contributed by atoms with Crippen LogP contribution in [0.5, 0.6) is 0 Å². The van der Waals surface area contributed by atoms with Gasteiger partial charge < -0.3 is 8.97 Å². The summed E-state index contributed by atoms with van der Waals surface area (Å²) in [6.07, 6.45) is 0. The summed E-state index contributed by atoms with van der Waals surface area (Å²) < 4.78 is 18.3. The van der Waals surface area contributed by atoms with Gasteiger partial charge in [-0.25, -0.2) is 4.21 Å². The number of fused-ring (bicyclic) bond motifs is 8. The highest BCUT2D eigenvalue weighted by atomic mass is 32.2. The van der Waals surface area contributed by atoms with Crippen LogP contribution in [0, 0.1) is 11.3 Å². The van der Waals surface area contributed by atoms with Gasteiger partial charge in [0, 0.05) is 47.8 Å². The summed E-state index contributed by atoms with van der Waals surface area (Å²) in [6, 6.07) is 50.2. The molecule has 5 heteroatoms. The van der Waals surface area contributed by atoms with Crippen molar-refractivity contribution in [2.45, 2.75) is 9.79 Å². The smallest absolute Gasteiger partial charge is 0.0991 e. The highest BCUT2D eigenvalue weighted by Crippen LogP contribution is 2.47. The predicted octanol–water partition coefficient (Wildman–Crippen LogP) is 10.1. The molecule has 3 aromatic heterocycles. The van der Waals surface area contributed by atoms with E-state index in [1.54, 1.807) is 24.3 Å². The van der Waals surface area contributed by atoms with E-state index in [1.165, 1.54) is 65.2 Å². The molecule has 0 N–H and O–H groups in total. The zero-order chi connectivity index (χ0) is 30.5. The Balaban J connectivity index is 1.35. The van der Waals surface area contributed by atoms with E-state index >= 15 is 0 Å². The standard InChI is InChI=1S/C41H23N3OS/c42-24-25-13-17-28(18-14-25)46(45)29-19-15-27(16-20-29)43-37-22-21-33-31-9-3-5-11-35(31)44-36-12-6-4-10-32(36)34-23-26-7-1-2-8-30(26)40(43)38(34)39(37)41(33)44/h1-23H. The first-order chi connectivity index (χ1) is 22.7. The number of hydrogen-bond acceptors (Lipinski definition) is 2. The molecule has 0 amide bonds. The second-order valence-electron chi connectivity index (χ2n) is 11.8. The van der Waals surface area contributed by atoms with Crippen LogP contribution in [-0.4, -0.2) is 13.2 Å². The molecular weight excluding hydrogens is 583 g/mol. The molecule has 0 saturated carbocycles. The van der Waals surface area contributed by atoms with E-state index in [0.717, 1.165) is 16.1 Å². The van der Waals surface area contributed by atoms with Gasteiger partial charge in [-0.3, -0.25) is 0 Å². The second-order valence-corrected chi connectivity index (χ2v) is 13.3. The van der Waals surface area contributed by atoms with Gasteiger partial charge in [0.05, 0.1) is 50.0 Å². The maximum Gasteiger partial charge on any atom is 0.0991 e. The minimum Gasteiger partial charge on any atom is -0.309 e. The van der Waals surface area contributed by atoms with E-state index in [0.29, 0.717) is 10.5 Å². The number of nitrogens with zero attached hydrogens (tertiary/aromatic N) is 3. The molecule has 4 nitrogen and oxygen atoms in total. The quantitative estimate of drug-likeness (QED) is 0.201. The third-order valence-electron chi connectivity index (χ3n) is 9.49. The van der Waals surface area contributed by atoms with Gasteiger partial charge in [0.1, 0.15) is 0 Å². The molecule has 0 saturated heterocycles. The van der Waals surface area contributed by atoms with Crippen LogP contribution in [0.2, 0.25) is 0 Å². The summed E-state index contributed by atoms with van der Waals surface area (Å²) in [7, 11) is -1.36. The molecule has 1 atom stereocenters. The summed E-state index contributed by atoms with van der Waals surface area (Å²) in [6.45, 7) is 0. The van der Waals surface area contributed by atoms with E-state index in [1.807, 2.05) is 12.1 Å². The van der Waals surface area contributed by atoms with Crippen molar-refractivity contribution >= 4 is 81.5 Å². The lowest BCUT2D eigenvalue weighted by Crippen LogP contribution is -1.97. The van der Waals surface area contributed by atoms with E-state index in [9.17, 15) is 9.47 Å². The first-order valence-electron chi connectivity index (χ1n) is 15.3. The topological polar surface area (TPSA) is 50.2 Å². The first-order valence-corrected chi connectivity index (χ1v) is 16.4. The number of nitriles is 1. The van der Waals surface area contributed by atoms with Gasteiger partial charge in [0.15, 0.2) is 0 Å². The van der Waals surface area contributed by atoms with Gasteiger partial charge in [0.2, 0.25) is 0 Å². The van der Waals surface area contributed by atoms with Crippen molar-refractivity contribution in [2.75, 3.05) is 0 Å². The Kier molecular flexibility index (Phi) is 5.12. The van der Waals surface area contributed by atoms with Crippen molar-refractivity contribution in [3.05, 3.63) is 145 Å². The number of hydrogen-bond donors (Lipinski definition) is 0. The van der Waals surface area contributed by atoms with Crippen molar-refractivity contribution in [2.24, 2.45) is 0 Å². The molecule has 0 aliphatic rings. The van der Waals surface area contributed by atoms with Gasteiger partial charge in [-0.15, -0.1) is 0 Å². The Labute approximate surface area is 265 Å². The van der Waals surface area contributed by atoms with Gasteiger partial charge in [-0.05, 0) is 83.6 Å². The second kappa shape index (κ2) is 9.28. The zero-order valence-corrected chi connectivity index (χ0v) is 25.3. The third-order valence-corrected chi connectivity index (χ3v) is 10.9. The Morgan fingerprint density at radius 1 is 0.522 bits per heavy atom. The molecule has 0 radical (unpaired) electrons. The highest BCUT2D eigenvalue weighted by molar-refractivity contribution is 7.85. The average Bonchev–Trinajstić information content (AvgIpc) is 3.61. The summed E-state index contributed by atoms with van der Waals surface area (Å²) in [5.74, 6) is 0. The van der Waals surface area contributed by atoms with Crippen molar-refractivity contribution in [3.8, 4) is 11.8 Å². The molecule has 7 aromatic carbocycles. The third kappa shape index (κ3) is 3.29. The summed E-state index contributed by atoms with van der Waals surface area (Å²) in [4.78, 5) is 1.40. The lowest BCUT2D eigenvalue weighted by atomic mass is 9.99. The van der Waals surface area contributed by atoms with Crippen LogP contribution >= 0.6 is 0 Å². The minimum atomic E-state index is -1.36. The molecule has 1 unspecified atom stereocenters. The molecular formula is C41H23N3OS. The van der Waals surface area contributed by atoms with Gasteiger partial charge in [0.25, 0.3) is 0 Å². The predicted molar refractivity (Wildman–Crippen MR) is 189 cm³/mol. The van der Waals surface area contributed by atoms with Crippen LogP contribution in [0.4, 0.5) is 0 Å². The van der Waals surface area contributed by atoms with Crippen molar-refractivity contribution in [3.63, 3.8) is 0 Å². The van der Waals surface area contributed by atoms with Crippen LogP contribution in [0.15, 0.2) is 149 Å². The summed E-state index contributed by atoms with van der Waals surface area (Å²) >= 11 is 0. The Bertz CT molecular complexity index is 2920. The Morgan fingerprint density at radius 2 is 1.13 bits per heavy atom. The average molecular weight is 606 g/mol. The van der Waals surface area contributed by atoms with Gasteiger partial charge >= 0.3 is 0 Å². The monoisotopic (exact) mass is 605 g/mol.